The van der Waals surface area contributed by atoms with E-state index in [0.29, 0.717) is 0 Å². The minimum Gasteiger partial charge on any atom is -0.261 e. The van der Waals surface area contributed by atoms with Gasteiger partial charge in [-0.3, -0.25) is 4.99 Å². The number of nitrogens with zero attached hydrogens (tertiary/aromatic N) is 1. The first kappa shape index (κ1) is 7.99. The van der Waals surface area contributed by atoms with E-state index in [9.17, 15) is 0 Å². The van der Waals surface area contributed by atoms with Crippen molar-refractivity contribution in [3.8, 4) is 0 Å². The maximum atomic E-state index is 4.30. The van der Waals surface area contributed by atoms with E-state index in [-0.39, 0.29) is 0 Å². The Morgan fingerprint density at radius 1 is 1.55 bits per heavy atom. The van der Waals surface area contributed by atoms with Crippen LogP contribution in [0.2, 0.25) is 0 Å². The summed E-state index contributed by atoms with van der Waals surface area (Å²) in [6.45, 7) is 4.06. The zero-order valence-electron chi connectivity index (χ0n) is 7.04. The van der Waals surface area contributed by atoms with Crippen LogP contribution >= 0.6 is 0 Å². The molecule has 1 heteroatoms. The molecule has 1 aliphatic carbocycles. The van der Waals surface area contributed by atoms with E-state index in [1.54, 1.807) is 0 Å². The van der Waals surface area contributed by atoms with Gasteiger partial charge in [0.1, 0.15) is 0 Å². The van der Waals surface area contributed by atoms with Crippen LogP contribution in [0.4, 0.5) is 0 Å². The molecule has 0 atom stereocenters. The summed E-state index contributed by atoms with van der Waals surface area (Å²) in [6, 6.07) is 0. The molecule has 0 radical (unpaired) electrons. The Balaban J connectivity index is 2.75. The van der Waals surface area contributed by atoms with Gasteiger partial charge in [-0.15, -0.1) is 0 Å². The number of hydrogen-bond donors (Lipinski definition) is 0. The second kappa shape index (κ2) is 3.91. The predicted octanol–water partition coefficient (Wildman–Crippen LogP) is 2.87. The van der Waals surface area contributed by atoms with E-state index in [1.807, 2.05) is 19.2 Å². The van der Waals surface area contributed by atoms with E-state index in [1.165, 1.54) is 11.3 Å². The summed E-state index contributed by atoms with van der Waals surface area (Å²) in [7, 11) is 0. The van der Waals surface area contributed by atoms with Gasteiger partial charge in [0.2, 0.25) is 0 Å². The van der Waals surface area contributed by atoms with E-state index in [4.69, 9.17) is 0 Å². The zero-order valence-corrected chi connectivity index (χ0v) is 7.04. The third-order valence-corrected chi connectivity index (χ3v) is 1.63. The van der Waals surface area contributed by atoms with Crippen molar-refractivity contribution in [3.05, 3.63) is 36.1 Å². The van der Waals surface area contributed by atoms with Crippen molar-refractivity contribution in [2.24, 2.45) is 4.99 Å². The van der Waals surface area contributed by atoms with Gasteiger partial charge < -0.3 is 0 Å². The highest BCUT2D eigenvalue weighted by Crippen LogP contribution is 2.08. The van der Waals surface area contributed by atoms with Crippen LogP contribution < -0.4 is 0 Å². The lowest BCUT2D eigenvalue weighted by atomic mass is 10.0. The maximum Gasteiger partial charge on any atom is 0.0470 e. The Bertz CT molecular complexity index is 242. The van der Waals surface area contributed by atoms with Crippen molar-refractivity contribution in [3.63, 3.8) is 0 Å². The van der Waals surface area contributed by atoms with Gasteiger partial charge in [-0.2, -0.15) is 0 Å². The first-order valence-electron chi connectivity index (χ1n) is 3.86. The minimum atomic E-state index is 0.965. The molecule has 1 aliphatic rings. The van der Waals surface area contributed by atoms with Crippen LogP contribution in [0.15, 0.2) is 41.1 Å². The monoisotopic (exact) mass is 147 g/mol. The first-order chi connectivity index (χ1) is 5.34. The van der Waals surface area contributed by atoms with E-state index in [0.717, 1.165) is 6.42 Å². The highest BCUT2D eigenvalue weighted by molar-refractivity contribution is 6.02. The summed E-state index contributed by atoms with van der Waals surface area (Å²) in [5.41, 5.74) is 2.44. The van der Waals surface area contributed by atoms with Crippen LogP contribution in [0.1, 0.15) is 20.3 Å². The van der Waals surface area contributed by atoms with Crippen molar-refractivity contribution in [2.45, 2.75) is 20.3 Å². The largest absolute Gasteiger partial charge is 0.261 e. The third-order valence-electron chi connectivity index (χ3n) is 1.63. The average Bonchev–Trinajstić information content (AvgIpc) is 2.03. The fourth-order valence-corrected chi connectivity index (χ4v) is 0.968. The molecule has 0 amide bonds. The minimum absolute atomic E-state index is 0.965. The molecular formula is C10H13N. The van der Waals surface area contributed by atoms with Gasteiger partial charge >= 0.3 is 0 Å². The summed E-state index contributed by atoms with van der Waals surface area (Å²) in [4.78, 5) is 4.30. The molecule has 1 rings (SSSR count). The Kier molecular flexibility index (Phi) is 2.84. The SMILES string of the molecule is C/C=C\N=C1CC=CC=C1C. The van der Waals surface area contributed by atoms with Crippen LogP contribution in [-0.4, -0.2) is 5.71 Å². The smallest absolute Gasteiger partial charge is 0.0470 e. The number of hydrogen-bond acceptors (Lipinski definition) is 1. The molecule has 0 spiro atoms. The summed E-state index contributed by atoms with van der Waals surface area (Å²) in [5, 5.41) is 0. The summed E-state index contributed by atoms with van der Waals surface area (Å²) in [5.74, 6) is 0. The standard InChI is InChI=1S/C10H13N/c1-3-8-11-10-7-5-4-6-9(10)2/h3-6,8H,7H2,1-2H3/b8-3-,11-10?. The zero-order chi connectivity index (χ0) is 8.10. The van der Waals surface area contributed by atoms with Gasteiger partial charge in [0.05, 0.1) is 0 Å². The van der Waals surface area contributed by atoms with Crippen LogP contribution in [0.5, 0.6) is 0 Å². The molecule has 1 nitrogen and oxygen atoms in total. The van der Waals surface area contributed by atoms with Gasteiger partial charge in [-0.05, 0) is 19.4 Å². The summed E-state index contributed by atoms with van der Waals surface area (Å²) < 4.78 is 0. The van der Waals surface area contributed by atoms with Crippen molar-refractivity contribution in [2.75, 3.05) is 0 Å². The van der Waals surface area contributed by atoms with E-state index in [2.05, 4.69) is 30.1 Å². The van der Waals surface area contributed by atoms with Gasteiger partial charge in [-0.1, -0.05) is 24.3 Å². The molecule has 0 aliphatic heterocycles. The van der Waals surface area contributed by atoms with Crippen molar-refractivity contribution < 1.29 is 0 Å². The third kappa shape index (κ3) is 2.19. The number of rotatable bonds is 1. The quantitative estimate of drug-likeness (QED) is 0.540. The van der Waals surface area contributed by atoms with Crippen LogP contribution in [0.25, 0.3) is 0 Å². The average molecular weight is 147 g/mol. The Morgan fingerprint density at radius 3 is 3.00 bits per heavy atom. The van der Waals surface area contributed by atoms with Gasteiger partial charge in [0.25, 0.3) is 0 Å². The normalized spacial score (nSPS) is 21.3. The molecule has 0 N–H and O–H groups in total. The van der Waals surface area contributed by atoms with Crippen molar-refractivity contribution >= 4 is 5.71 Å². The number of allylic oxidation sites excluding steroid dienone is 5. The second-order valence-corrected chi connectivity index (χ2v) is 2.54. The molecule has 0 unspecified atom stereocenters. The van der Waals surface area contributed by atoms with Gasteiger partial charge in [-0.25, -0.2) is 0 Å². The van der Waals surface area contributed by atoms with Gasteiger partial charge in [0.15, 0.2) is 0 Å². The van der Waals surface area contributed by atoms with E-state index >= 15 is 0 Å². The molecule has 11 heavy (non-hydrogen) atoms. The lowest BCUT2D eigenvalue weighted by Gasteiger charge is -2.05. The molecule has 58 valence electrons. The van der Waals surface area contributed by atoms with Crippen LogP contribution in [-0.2, 0) is 0 Å². The Hall–Kier alpha value is -1.11. The Morgan fingerprint density at radius 2 is 2.36 bits per heavy atom. The molecular weight excluding hydrogens is 134 g/mol. The molecule has 0 aromatic carbocycles. The topological polar surface area (TPSA) is 12.4 Å². The van der Waals surface area contributed by atoms with Crippen molar-refractivity contribution in [1.29, 1.82) is 0 Å². The molecule has 0 heterocycles. The maximum absolute atomic E-state index is 4.30. The summed E-state index contributed by atoms with van der Waals surface area (Å²) in [6.07, 6.45) is 11.0. The fourth-order valence-electron chi connectivity index (χ4n) is 0.968. The lowest BCUT2D eigenvalue weighted by Crippen LogP contribution is -2.00. The molecule has 0 aromatic rings. The van der Waals surface area contributed by atoms with Gasteiger partial charge in [0, 0.05) is 18.3 Å². The van der Waals surface area contributed by atoms with Crippen LogP contribution in [0, 0.1) is 0 Å². The fraction of sp³-hybridized carbons (Fsp3) is 0.300. The molecule has 0 saturated heterocycles. The Labute approximate surface area is 67.8 Å². The highest BCUT2D eigenvalue weighted by atomic mass is 14.7. The van der Waals surface area contributed by atoms with E-state index < -0.39 is 0 Å². The second-order valence-electron chi connectivity index (χ2n) is 2.54. The molecule has 0 aromatic heterocycles. The lowest BCUT2D eigenvalue weighted by molar-refractivity contribution is 1.33. The first-order valence-corrected chi connectivity index (χ1v) is 3.86. The number of aliphatic imine (C=N–C) groups is 1. The van der Waals surface area contributed by atoms with Crippen LogP contribution in [0.3, 0.4) is 0 Å². The molecule has 0 bridgehead atoms. The molecule has 0 fully saturated rings. The molecule has 0 saturated carbocycles. The summed E-state index contributed by atoms with van der Waals surface area (Å²) >= 11 is 0. The predicted molar refractivity (Wildman–Crippen MR) is 49.8 cm³/mol. The van der Waals surface area contributed by atoms with Crippen molar-refractivity contribution in [1.82, 2.24) is 0 Å². The highest BCUT2D eigenvalue weighted by Gasteiger charge is 2.00.